The SMILES string of the molecule is COc1ccc(C(=O)Nc2cccc(CC[C@@H]3O[C@H](CCn4cc(CCO)nn4)[C@@H]([Si](C)(C)F)[C@@H]3C)c2)cc1. The van der Waals surface area contributed by atoms with Crippen LogP contribution >= 0.6 is 0 Å². The first kappa shape index (κ1) is 28.9. The molecule has 1 fully saturated rings. The number of hydrogen-bond donors (Lipinski definition) is 2. The summed E-state index contributed by atoms with van der Waals surface area (Å²) in [4.78, 5) is 12.7. The van der Waals surface area contributed by atoms with Crippen LogP contribution in [0.5, 0.6) is 5.75 Å². The predicted molar refractivity (Wildman–Crippen MR) is 151 cm³/mol. The van der Waals surface area contributed by atoms with E-state index in [1.54, 1.807) is 49.2 Å². The second-order valence-corrected chi connectivity index (χ2v) is 14.6. The quantitative estimate of drug-likeness (QED) is 0.240. The zero-order valence-corrected chi connectivity index (χ0v) is 24.1. The summed E-state index contributed by atoms with van der Waals surface area (Å²) in [6, 6.07) is 14.8. The Morgan fingerprint density at radius 3 is 2.62 bits per heavy atom. The number of carbonyl (C=O) groups is 1. The molecular weight excluding hydrogens is 515 g/mol. The number of benzene rings is 2. The highest BCUT2D eigenvalue weighted by Crippen LogP contribution is 2.47. The molecule has 39 heavy (non-hydrogen) atoms. The molecule has 4 atom stereocenters. The maximum atomic E-state index is 15.5. The van der Waals surface area contributed by atoms with Crippen molar-refractivity contribution in [3.05, 3.63) is 71.5 Å². The molecular formula is C29H39FN4O4Si. The predicted octanol–water partition coefficient (Wildman–Crippen LogP) is 5.05. The monoisotopic (exact) mass is 554 g/mol. The lowest BCUT2D eigenvalue weighted by Gasteiger charge is -2.28. The zero-order chi connectivity index (χ0) is 28.0. The smallest absolute Gasteiger partial charge is 0.255 e. The minimum Gasteiger partial charge on any atom is -0.497 e. The van der Waals surface area contributed by atoms with Crippen LogP contribution in [0.4, 0.5) is 9.80 Å². The Bertz CT molecular complexity index is 1230. The number of nitrogens with one attached hydrogen (secondary N) is 1. The molecule has 1 aliphatic heterocycles. The van der Waals surface area contributed by atoms with Crippen molar-refractivity contribution in [2.45, 2.75) is 70.0 Å². The van der Waals surface area contributed by atoms with Gasteiger partial charge >= 0.3 is 0 Å². The summed E-state index contributed by atoms with van der Waals surface area (Å²) < 4.78 is 28.9. The number of rotatable bonds is 12. The third-order valence-electron chi connectivity index (χ3n) is 7.55. The summed E-state index contributed by atoms with van der Waals surface area (Å²) in [5.41, 5.74) is 3.03. The highest BCUT2D eigenvalue weighted by Gasteiger charge is 2.50. The van der Waals surface area contributed by atoms with Gasteiger partial charge in [-0.15, -0.1) is 5.10 Å². The van der Waals surface area contributed by atoms with Crippen molar-refractivity contribution >= 4 is 20.0 Å². The molecule has 0 unspecified atom stereocenters. The summed E-state index contributed by atoms with van der Waals surface area (Å²) in [5, 5.41) is 20.3. The maximum Gasteiger partial charge on any atom is 0.255 e. The Labute approximate surface area is 230 Å². The number of amides is 1. The number of ether oxygens (including phenoxy) is 2. The molecule has 1 aliphatic rings. The Morgan fingerprint density at radius 2 is 1.92 bits per heavy atom. The molecule has 0 saturated carbocycles. The number of carbonyl (C=O) groups excluding carboxylic acids is 1. The number of hydrogen-bond acceptors (Lipinski definition) is 6. The highest BCUT2D eigenvalue weighted by molar-refractivity contribution is 6.72. The van der Waals surface area contributed by atoms with Gasteiger partial charge in [-0.05, 0) is 80.2 Å². The van der Waals surface area contributed by atoms with Crippen LogP contribution in [-0.2, 0) is 24.1 Å². The Balaban J connectivity index is 1.36. The van der Waals surface area contributed by atoms with Gasteiger partial charge in [-0.1, -0.05) is 24.3 Å². The van der Waals surface area contributed by atoms with Gasteiger partial charge in [0.05, 0.1) is 25.0 Å². The van der Waals surface area contributed by atoms with Gasteiger partial charge in [0, 0.05) is 42.6 Å². The van der Waals surface area contributed by atoms with Crippen LogP contribution in [0.15, 0.2) is 54.7 Å². The molecule has 0 bridgehead atoms. The number of methoxy groups -OCH3 is 1. The molecule has 3 aromatic rings. The number of nitrogens with zero attached hydrogens (tertiary/aromatic N) is 3. The second-order valence-electron chi connectivity index (χ2n) is 10.8. The van der Waals surface area contributed by atoms with Crippen molar-refractivity contribution in [3.8, 4) is 5.75 Å². The van der Waals surface area contributed by atoms with E-state index < -0.39 is 8.41 Å². The van der Waals surface area contributed by atoms with Crippen LogP contribution in [0.25, 0.3) is 0 Å². The van der Waals surface area contributed by atoms with Gasteiger partial charge in [-0.2, -0.15) is 0 Å². The molecule has 0 radical (unpaired) electrons. The summed E-state index contributed by atoms with van der Waals surface area (Å²) in [5.74, 6) is 0.630. The van der Waals surface area contributed by atoms with E-state index in [0.717, 1.165) is 29.8 Å². The van der Waals surface area contributed by atoms with E-state index in [2.05, 4.69) is 22.6 Å². The van der Waals surface area contributed by atoms with Gasteiger partial charge in [0.2, 0.25) is 8.41 Å². The number of aliphatic hydroxyl groups excluding tert-OH is 1. The third kappa shape index (κ3) is 7.52. The summed E-state index contributed by atoms with van der Waals surface area (Å²) in [7, 11) is -1.38. The molecule has 1 aromatic heterocycles. The van der Waals surface area contributed by atoms with E-state index >= 15 is 4.11 Å². The van der Waals surface area contributed by atoms with E-state index in [0.29, 0.717) is 30.7 Å². The van der Waals surface area contributed by atoms with E-state index in [1.165, 1.54) is 0 Å². The lowest BCUT2D eigenvalue weighted by Crippen LogP contribution is -2.36. The minimum atomic E-state index is -2.97. The van der Waals surface area contributed by atoms with Crippen molar-refractivity contribution in [1.29, 1.82) is 0 Å². The van der Waals surface area contributed by atoms with E-state index in [4.69, 9.17) is 14.6 Å². The molecule has 10 heteroatoms. The lowest BCUT2D eigenvalue weighted by molar-refractivity contribution is 0.0247. The molecule has 0 aliphatic carbocycles. The lowest BCUT2D eigenvalue weighted by atomic mass is 9.95. The van der Waals surface area contributed by atoms with Crippen LogP contribution in [0, 0.1) is 5.92 Å². The standard InChI is InChI=1S/C29H39FN4O4Si/c1-20-26(38-27(28(20)39(3,4)30)14-16-34-19-24(15-17-35)32-33-34)13-8-21-6-5-7-23(18-21)31-29(36)22-9-11-25(37-2)12-10-22/h5-7,9-12,18-20,26-28,35H,8,13-17H2,1-4H3,(H,31,36)/t20-,26+,27-,28+/m1/s1. The van der Waals surface area contributed by atoms with Crippen molar-refractivity contribution in [3.63, 3.8) is 0 Å². The number of halogens is 1. The Kier molecular flexibility index (Phi) is 9.52. The van der Waals surface area contributed by atoms with Crippen LogP contribution in [-0.4, -0.2) is 60.3 Å². The van der Waals surface area contributed by atoms with Crippen LogP contribution < -0.4 is 10.1 Å². The van der Waals surface area contributed by atoms with Gasteiger partial charge in [-0.25, -0.2) is 0 Å². The van der Waals surface area contributed by atoms with Gasteiger partial charge < -0.3 is 24.0 Å². The van der Waals surface area contributed by atoms with Crippen molar-refractivity contribution in [1.82, 2.24) is 15.0 Å². The number of aromatic nitrogens is 3. The first-order valence-electron chi connectivity index (χ1n) is 13.6. The third-order valence-corrected chi connectivity index (χ3v) is 10.0. The molecule has 8 nitrogen and oxygen atoms in total. The van der Waals surface area contributed by atoms with Crippen molar-refractivity contribution in [2.24, 2.45) is 5.92 Å². The maximum absolute atomic E-state index is 15.5. The summed E-state index contributed by atoms with van der Waals surface area (Å²) >= 11 is 0. The van der Waals surface area contributed by atoms with E-state index in [1.807, 2.05) is 30.5 Å². The normalized spacial score (nSPS) is 21.2. The first-order chi connectivity index (χ1) is 18.7. The molecule has 2 N–H and O–H groups in total. The fourth-order valence-corrected chi connectivity index (χ4v) is 8.24. The van der Waals surface area contributed by atoms with Crippen LogP contribution in [0.1, 0.15) is 41.4 Å². The second kappa shape index (κ2) is 12.8. The van der Waals surface area contributed by atoms with Crippen molar-refractivity contribution in [2.75, 3.05) is 19.0 Å². The zero-order valence-electron chi connectivity index (χ0n) is 23.1. The van der Waals surface area contributed by atoms with Crippen LogP contribution in [0.3, 0.4) is 0 Å². The average Bonchev–Trinajstić information content (AvgIpc) is 3.50. The highest BCUT2D eigenvalue weighted by atomic mass is 28.4. The first-order valence-corrected chi connectivity index (χ1v) is 16.5. The van der Waals surface area contributed by atoms with E-state index in [-0.39, 0.29) is 36.2 Å². The van der Waals surface area contributed by atoms with Gasteiger partial charge in [0.1, 0.15) is 5.75 Å². The van der Waals surface area contributed by atoms with Crippen LogP contribution in [0.2, 0.25) is 18.6 Å². The Morgan fingerprint density at radius 1 is 1.15 bits per heavy atom. The number of aryl methyl sites for hydroxylation is 2. The average molecular weight is 555 g/mol. The topological polar surface area (TPSA) is 98.5 Å². The molecule has 1 saturated heterocycles. The molecule has 4 rings (SSSR count). The summed E-state index contributed by atoms with van der Waals surface area (Å²) in [6.45, 7) is 6.29. The molecule has 0 spiro atoms. The van der Waals surface area contributed by atoms with Gasteiger partial charge in [-0.3, -0.25) is 9.48 Å². The Hall–Kier alpha value is -3.08. The molecule has 2 aromatic carbocycles. The number of aliphatic hydroxyl groups is 1. The molecule has 1 amide bonds. The largest absolute Gasteiger partial charge is 0.497 e. The number of anilines is 1. The van der Waals surface area contributed by atoms with Gasteiger partial charge in [0.15, 0.2) is 0 Å². The summed E-state index contributed by atoms with van der Waals surface area (Å²) in [6.07, 6.45) is 4.30. The fourth-order valence-electron chi connectivity index (χ4n) is 5.64. The van der Waals surface area contributed by atoms with Gasteiger partial charge in [0.25, 0.3) is 5.91 Å². The van der Waals surface area contributed by atoms with Crippen molar-refractivity contribution < 1.29 is 23.5 Å². The fraction of sp³-hybridized carbons (Fsp3) is 0.483. The minimum absolute atomic E-state index is 0.0330. The van der Waals surface area contributed by atoms with E-state index in [9.17, 15) is 4.79 Å². The molecule has 210 valence electrons. The molecule has 2 heterocycles.